The molecule has 0 bridgehead atoms. The van der Waals surface area contributed by atoms with E-state index in [0.717, 1.165) is 4.90 Å². The molecule has 1 heterocycles. The Balaban J connectivity index is 2.00. The zero-order chi connectivity index (χ0) is 17.0. The van der Waals surface area contributed by atoms with E-state index >= 15 is 0 Å². The van der Waals surface area contributed by atoms with Crippen molar-refractivity contribution < 1.29 is 24.6 Å². The van der Waals surface area contributed by atoms with E-state index in [2.05, 4.69) is 5.32 Å². The lowest BCUT2D eigenvalue weighted by molar-refractivity contribution is -0.137. The zero-order valence-electron chi connectivity index (χ0n) is 12.7. The number of hydrogen-bond acceptors (Lipinski definition) is 5. The van der Waals surface area contributed by atoms with Crippen LogP contribution in [-0.2, 0) is 9.59 Å². The highest BCUT2D eigenvalue weighted by atomic mass is 16.3. The number of hydrogen-bond donors (Lipinski definition) is 3. The molecule has 4 amide bonds. The summed E-state index contributed by atoms with van der Waals surface area (Å²) in [5.74, 6) is -0.861. The summed E-state index contributed by atoms with van der Waals surface area (Å²) in [6.07, 6.45) is -0.978. The summed E-state index contributed by atoms with van der Waals surface area (Å²) in [7, 11) is 0. The third-order valence-electron chi connectivity index (χ3n) is 3.61. The van der Waals surface area contributed by atoms with Gasteiger partial charge in [0, 0.05) is 6.54 Å². The molecule has 2 rings (SSSR count). The zero-order valence-corrected chi connectivity index (χ0v) is 12.7. The van der Waals surface area contributed by atoms with Gasteiger partial charge in [-0.15, -0.1) is 0 Å². The molecule has 3 N–H and O–H groups in total. The minimum absolute atomic E-state index is 0.00242. The molecule has 23 heavy (non-hydrogen) atoms. The van der Waals surface area contributed by atoms with Crippen LogP contribution in [0.2, 0.25) is 0 Å². The van der Waals surface area contributed by atoms with Crippen LogP contribution in [0.5, 0.6) is 5.75 Å². The van der Waals surface area contributed by atoms with Crippen molar-refractivity contribution in [3.8, 4) is 5.75 Å². The topological polar surface area (TPSA) is 110 Å². The molecule has 0 saturated carbocycles. The number of aliphatic hydroxyl groups is 1. The van der Waals surface area contributed by atoms with Gasteiger partial charge in [0.1, 0.15) is 12.3 Å². The Morgan fingerprint density at radius 2 is 2.17 bits per heavy atom. The van der Waals surface area contributed by atoms with E-state index in [1.54, 1.807) is 19.1 Å². The molecule has 0 spiro atoms. The van der Waals surface area contributed by atoms with Crippen LogP contribution in [0.25, 0.3) is 0 Å². The minimum Gasteiger partial charge on any atom is -0.508 e. The number of likely N-dealkylation sites (N-methyl/N-ethyl adjacent to an activating group) is 1. The SMILES string of the molecule is CCN(CC(O)c1cccc(O)c1)C(=O)CN1C(=O)CNC1=O. The molecule has 1 saturated heterocycles. The van der Waals surface area contributed by atoms with Crippen LogP contribution >= 0.6 is 0 Å². The predicted molar refractivity (Wildman–Crippen MR) is 80.4 cm³/mol. The number of aliphatic hydroxyl groups excluding tert-OH is 1. The van der Waals surface area contributed by atoms with Crippen molar-refractivity contribution >= 4 is 17.8 Å². The van der Waals surface area contributed by atoms with Crippen molar-refractivity contribution in [1.82, 2.24) is 15.1 Å². The maximum atomic E-state index is 12.2. The number of nitrogens with one attached hydrogen (secondary N) is 1. The van der Waals surface area contributed by atoms with Gasteiger partial charge in [-0.2, -0.15) is 0 Å². The summed E-state index contributed by atoms with van der Waals surface area (Å²) in [6.45, 7) is 1.59. The lowest BCUT2D eigenvalue weighted by Gasteiger charge is -2.25. The molecule has 1 unspecified atom stereocenters. The standard InChI is InChI=1S/C15H19N3O5/c1-2-17(8-12(20)10-4-3-5-11(19)6-10)14(22)9-18-13(21)7-16-15(18)23/h3-6,12,19-20H,2,7-9H2,1H3,(H,16,23). The highest BCUT2D eigenvalue weighted by Gasteiger charge is 2.31. The first-order chi connectivity index (χ1) is 10.9. The van der Waals surface area contributed by atoms with Gasteiger partial charge in [0.2, 0.25) is 5.91 Å². The lowest BCUT2D eigenvalue weighted by atomic mass is 10.1. The number of urea groups is 1. The number of phenols is 1. The maximum Gasteiger partial charge on any atom is 0.325 e. The van der Waals surface area contributed by atoms with Crippen molar-refractivity contribution in [2.75, 3.05) is 26.2 Å². The lowest BCUT2D eigenvalue weighted by Crippen LogP contribution is -2.44. The summed E-state index contributed by atoms with van der Waals surface area (Å²) in [4.78, 5) is 37.4. The highest BCUT2D eigenvalue weighted by Crippen LogP contribution is 2.19. The number of imide groups is 1. The molecular formula is C15H19N3O5. The summed E-state index contributed by atoms with van der Waals surface area (Å²) >= 11 is 0. The first-order valence-corrected chi connectivity index (χ1v) is 7.25. The molecule has 0 aliphatic carbocycles. The van der Waals surface area contributed by atoms with Crippen LogP contribution in [0.3, 0.4) is 0 Å². The van der Waals surface area contributed by atoms with Crippen LogP contribution in [0.4, 0.5) is 4.79 Å². The third kappa shape index (κ3) is 3.98. The molecule has 1 aliphatic rings. The number of nitrogens with zero attached hydrogens (tertiary/aromatic N) is 2. The number of rotatable bonds is 6. The average Bonchev–Trinajstić information content (AvgIpc) is 2.84. The molecule has 1 aliphatic heterocycles. The second kappa shape index (κ2) is 7.10. The first-order valence-electron chi connectivity index (χ1n) is 7.25. The summed E-state index contributed by atoms with van der Waals surface area (Å²) in [5, 5.41) is 22.0. The van der Waals surface area contributed by atoms with Crippen LogP contribution in [0.1, 0.15) is 18.6 Å². The third-order valence-corrected chi connectivity index (χ3v) is 3.61. The number of benzene rings is 1. The highest BCUT2D eigenvalue weighted by molar-refractivity contribution is 6.04. The second-order valence-electron chi connectivity index (χ2n) is 5.18. The molecule has 1 aromatic rings. The van der Waals surface area contributed by atoms with Crippen LogP contribution in [0.15, 0.2) is 24.3 Å². The molecule has 1 aromatic carbocycles. The number of phenolic OH excluding ortho intramolecular Hbond substituents is 1. The van der Waals surface area contributed by atoms with Crippen LogP contribution in [-0.4, -0.2) is 64.0 Å². The van der Waals surface area contributed by atoms with Crippen molar-refractivity contribution in [2.45, 2.75) is 13.0 Å². The van der Waals surface area contributed by atoms with E-state index in [4.69, 9.17) is 0 Å². The second-order valence-corrected chi connectivity index (χ2v) is 5.18. The van der Waals surface area contributed by atoms with Crippen molar-refractivity contribution in [3.63, 3.8) is 0 Å². The molecule has 1 atom stereocenters. The Labute approximate surface area is 133 Å². The first kappa shape index (κ1) is 16.8. The van der Waals surface area contributed by atoms with Gasteiger partial charge in [0.25, 0.3) is 5.91 Å². The number of carbonyl (C=O) groups excluding carboxylic acids is 3. The van der Waals surface area contributed by atoms with Crippen molar-refractivity contribution in [2.24, 2.45) is 0 Å². The Hall–Kier alpha value is -2.61. The van der Waals surface area contributed by atoms with Crippen LogP contribution < -0.4 is 5.32 Å². The molecular weight excluding hydrogens is 302 g/mol. The van der Waals surface area contributed by atoms with Crippen molar-refractivity contribution in [1.29, 1.82) is 0 Å². The summed E-state index contributed by atoms with van der Waals surface area (Å²) in [6, 6.07) is 5.55. The molecule has 8 nitrogen and oxygen atoms in total. The van der Waals surface area contributed by atoms with E-state index < -0.39 is 23.9 Å². The van der Waals surface area contributed by atoms with Gasteiger partial charge in [-0.05, 0) is 24.6 Å². The quantitative estimate of drug-likeness (QED) is 0.630. The van der Waals surface area contributed by atoms with Gasteiger partial charge in [-0.1, -0.05) is 12.1 Å². The molecule has 0 aromatic heterocycles. The number of amides is 4. The van der Waals surface area contributed by atoms with E-state index in [1.165, 1.54) is 17.0 Å². The maximum absolute atomic E-state index is 12.2. The average molecular weight is 321 g/mol. The fraction of sp³-hybridized carbons (Fsp3) is 0.400. The molecule has 1 fully saturated rings. The van der Waals surface area contributed by atoms with Gasteiger partial charge < -0.3 is 20.4 Å². The van der Waals surface area contributed by atoms with Gasteiger partial charge in [-0.25, -0.2) is 4.79 Å². The van der Waals surface area contributed by atoms with Gasteiger partial charge in [0.15, 0.2) is 0 Å². The monoisotopic (exact) mass is 321 g/mol. The fourth-order valence-corrected chi connectivity index (χ4v) is 2.30. The normalized spacial score (nSPS) is 15.5. The van der Waals surface area contributed by atoms with Crippen molar-refractivity contribution in [3.05, 3.63) is 29.8 Å². The Morgan fingerprint density at radius 3 is 2.74 bits per heavy atom. The smallest absolute Gasteiger partial charge is 0.325 e. The Bertz CT molecular complexity index is 603. The summed E-state index contributed by atoms with van der Waals surface area (Å²) in [5.41, 5.74) is 0.478. The summed E-state index contributed by atoms with van der Waals surface area (Å²) < 4.78 is 0. The molecule has 124 valence electrons. The van der Waals surface area contributed by atoms with Gasteiger partial charge >= 0.3 is 6.03 Å². The largest absolute Gasteiger partial charge is 0.508 e. The number of aromatic hydroxyl groups is 1. The van der Waals surface area contributed by atoms with E-state index in [9.17, 15) is 24.6 Å². The van der Waals surface area contributed by atoms with Crippen LogP contribution in [0, 0.1) is 0 Å². The Morgan fingerprint density at radius 1 is 1.43 bits per heavy atom. The minimum atomic E-state index is -0.978. The predicted octanol–water partition coefficient (Wildman–Crippen LogP) is -0.174. The van der Waals surface area contributed by atoms with E-state index in [1.807, 2.05) is 0 Å². The van der Waals surface area contributed by atoms with Gasteiger partial charge in [-0.3, -0.25) is 14.5 Å². The molecule has 8 heteroatoms. The van der Waals surface area contributed by atoms with E-state index in [-0.39, 0.29) is 25.4 Å². The fourth-order valence-electron chi connectivity index (χ4n) is 2.30. The van der Waals surface area contributed by atoms with E-state index in [0.29, 0.717) is 12.1 Å². The number of carbonyl (C=O) groups is 3. The molecule has 0 radical (unpaired) electrons. The van der Waals surface area contributed by atoms with Gasteiger partial charge in [0.05, 0.1) is 19.2 Å². The Kier molecular flexibility index (Phi) is 5.17.